The first-order valence-electron chi connectivity index (χ1n) is 7.38. The molecule has 0 aromatic heterocycles. The molecule has 1 fully saturated rings. The fraction of sp³-hybridized carbons (Fsp3) is 0.533. The smallest absolute Gasteiger partial charge is 0.275 e. The normalized spacial score (nSPS) is 21.8. The molecule has 1 aromatic carbocycles. The van der Waals surface area contributed by atoms with E-state index in [9.17, 15) is 4.79 Å². The highest BCUT2D eigenvalue weighted by Gasteiger charge is 2.22. The monoisotopic (exact) mass is 293 g/mol. The van der Waals surface area contributed by atoms with E-state index >= 15 is 0 Å². The van der Waals surface area contributed by atoms with E-state index in [0.717, 1.165) is 37.8 Å². The van der Waals surface area contributed by atoms with Crippen LogP contribution in [0.5, 0.6) is 11.5 Å². The number of carbonyl (C=O) groups is 1. The predicted molar refractivity (Wildman–Crippen MR) is 75.7 cm³/mol. The average molecular weight is 293 g/mol. The third-order valence-electron chi connectivity index (χ3n) is 3.70. The van der Waals surface area contributed by atoms with Crippen molar-refractivity contribution < 1.29 is 23.9 Å². The average Bonchev–Trinajstić information content (AvgIpc) is 2.54. The van der Waals surface area contributed by atoms with E-state index in [0.29, 0.717) is 19.7 Å². The molecular formula is C15H21N2O4+. The molecule has 114 valence electrons. The lowest BCUT2D eigenvalue weighted by molar-refractivity contribution is -0.900. The molecule has 2 aliphatic rings. The largest absolute Gasteiger partial charge is 0.486 e. The molecule has 2 N–H and O–H groups in total. The van der Waals surface area contributed by atoms with Gasteiger partial charge in [-0.2, -0.15) is 0 Å². The van der Waals surface area contributed by atoms with Gasteiger partial charge in [-0.1, -0.05) is 12.1 Å². The molecule has 2 heterocycles. The molecule has 0 bridgehead atoms. The zero-order valence-electron chi connectivity index (χ0n) is 12.0. The number of carbonyl (C=O) groups excluding carboxylic acids is 1. The first kappa shape index (κ1) is 14.2. The van der Waals surface area contributed by atoms with Crippen LogP contribution >= 0.6 is 0 Å². The summed E-state index contributed by atoms with van der Waals surface area (Å²) in [5.74, 6) is 1.55. The molecule has 21 heavy (non-hydrogen) atoms. The molecule has 6 heteroatoms. The van der Waals surface area contributed by atoms with Crippen molar-refractivity contribution in [1.29, 1.82) is 0 Å². The van der Waals surface area contributed by atoms with Crippen molar-refractivity contribution in [2.24, 2.45) is 0 Å². The van der Waals surface area contributed by atoms with Gasteiger partial charge in [0.25, 0.3) is 5.91 Å². The van der Waals surface area contributed by atoms with Crippen LogP contribution in [0.2, 0.25) is 0 Å². The van der Waals surface area contributed by atoms with Crippen LogP contribution in [0.15, 0.2) is 24.3 Å². The topological polar surface area (TPSA) is 61.2 Å². The van der Waals surface area contributed by atoms with Crippen molar-refractivity contribution in [3.63, 3.8) is 0 Å². The molecule has 0 saturated carbocycles. The van der Waals surface area contributed by atoms with Crippen LogP contribution in [-0.4, -0.2) is 58.0 Å². The van der Waals surface area contributed by atoms with Crippen LogP contribution in [0, 0.1) is 0 Å². The highest BCUT2D eigenvalue weighted by atomic mass is 16.6. The summed E-state index contributed by atoms with van der Waals surface area (Å²) in [6.45, 7) is 4.68. The Morgan fingerprint density at radius 2 is 2.00 bits per heavy atom. The quantitative estimate of drug-likeness (QED) is 0.736. The van der Waals surface area contributed by atoms with Gasteiger partial charge in [-0.25, -0.2) is 0 Å². The van der Waals surface area contributed by atoms with Crippen molar-refractivity contribution in [2.75, 3.05) is 46.0 Å². The number of rotatable bonds is 4. The van der Waals surface area contributed by atoms with Gasteiger partial charge >= 0.3 is 0 Å². The Balaban J connectivity index is 1.42. The van der Waals surface area contributed by atoms with Crippen molar-refractivity contribution in [3.05, 3.63) is 24.3 Å². The third kappa shape index (κ3) is 3.86. The van der Waals surface area contributed by atoms with Crippen molar-refractivity contribution >= 4 is 5.91 Å². The van der Waals surface area contributed by atoms with Crippen LogP contribution < -0.4 is 19.7 Å². The highest BCUT2D eigenvalue weighted by molar-refractivity contribution is 5.76. The summed E-state index contributed by atoms with van der Waals surface area (Å²) in [5, 5.41) is 2.92. The molecule has 0 aliphatic carbocycles. The molecular weight excluding hydrogens is 272 g/mol. The second-order valence-electron chi connectivity index (χ2n) is 5.34. The molecule has 1 aromatic rings. The van der Waals surface area contributed by atoms with Gasteiger partial charge in [0.15, 0.2) is 18.0 Å². The number of fused-ring (bicyclic) bond motifs is 1. The minimum atomic E-state index is -0.136. The first-order chi connectivity index (χ1) is 10.3. The fourth-order valence-electron chi connectivity index (χ4n) is 2.52. The van der Waals surface area contributed by atoms with Crippen LogP contribution in [-0.2, 0) is 9.53 Å². The minimum absolute atomic E-state index is 0.0503. The summed E-state index contributed by atoms with van der Waals surface area (Å²) in [6, 6.07) is 7.58. The molecule has 0 radical (unpaired) electrons. The summed E-state index contributed by atoms with van der Waals surface area (Å²) in [4.78, 5) is 13.2. The van der Waals surface area contributed by atoms with Crippen LogP contribution in [0.1, 0.15) is 0 Å². The summed E-state index contributed by atoms with van der Waals surface area (Å²) >= 11 is 0. The first-order valence-corrected chi connectivity index (χ1v) is 7.38. The van der Waals surface area contributed by atoms with Gasteiger partial charge in [0.1, 0.15) is 25.8 Å². The SMILES string of the molecule is O=C(C[NH+]1CCOCC1)NC[C@H]1COc2ccccc2O1. The predicted octanol–water partition coefficient (Wildman–Crippen LogP) is -1.14. The Bertz CT molecular complexity index is 488. The van der Waals surface area contributed by atoms with E-state index in [-0.39, 0.29) is 12.0 Å². The second-order valence-corrected chi connectivity index (χ2v) is 5.34. The lowest BCUT2D eigenvalue weighted by Gasteiger charge is -2.27. The maximum Gasteiger partial charge on any atom is 0.275 e. The Morgan fingerprint density at radius 3 is 2.81 bits per heavy atom. The van der Waals surface area contributed by atoms with E-state index in [1.807, 2.05) is 24.3 Å². The molecule has 1 atom stereocenters. The molecule has 3 rings (SSSR count). The Morgan fingerprint density at radius 1 is 1.24 bits per heavy atom. The summed E-state index contributed by atoms with van der Waals surface area (Å²) in [5.41, 5.74) is 0. The molecule has 0 unspecified atom stereocenters. The third-order valence-corrected chi connectivity index (χ3v) is 3.70. The number of quaternary nitrogens is 1. The van der Waals surface area contributed by atoms with Gasteiger partial charge in [0, 0.05) is 0 Å². The van der Waals surface area contributed by atoms with Gasteiger partial charge in [-0.15, -0.1) is 0 Å². The number of hydrogen-bond acceptors (Lipinski definition) is 4. The summed E-state index contributed by atoms with van der Waals surface area (Å²) in [7, 11) is 0. The number of amides is 1. The van der Waals surface area contributed by atoms with Crippen LogP contribution in [0.25, 0.3) is 0 Å². The number of para-hydroxylation sites is 2. The van der Waals surface area contributed by atoms with E-state index in [4.69, 9.17) is 14.2 Å². The van der Waals surface area contributed by atoms with Crippen molar-refractivity contribution in [3.8, 4) is 11.5 Å². The zero-order valence-corrected chi connectivity index (χ0v) is 12.0. The summed E-state index contributed by atoms with van der Waals surface area (Å²) < 4.78 is 16.7. The van der Waals surface area contributed by atoms with Gasteiger partial charge in [0.2, 0.25) is 0 Å². The molecule has 2 aliphatic heterocycles. The van der Waals surface area contributed by atoms with Gasteiger partial charge in [0.05, 0.1) is 19.8 Å². The van der Waals surface area contributed by atoms with Crippen LogP contribution in [0.3, 0.4) is 0 Å². The number of ether oxygens (including phenoxy) is 3. The summed E-state index contributed by atoms with van der Waals surface area (Å²) in [6.07, 6.45) is -0.136. The Labute approximate surface area is 124 Å². The van der Waals surface area contributed by atoms with Crippen LogP contribution in [0.4, 0.5) is 0 Å². The number of benzene rings is 1. The molecule has 1 saturated heterocycles. The molecule has 1 amide bonds. The van der Waals surface area contributed by atoms with Gasteiger partial charge in [-0.05, 0) is 12.1 Å². The minimum Gasteiger partial charge on any atom is -0.486 e. The second kappa shape index (κ2) is 6.78. The maximum absolute atomic E-state index is 11.9. The lowest BCUT2D eigenvalue weighted by Crippen LogP contribution is -3.15. The van der Waals surface area contributed by atoms with E-state index in [1.165, 1.54) is 4.90 Å². The van der Waals surface area contributed by atoms with Gasteiger partial charge < -0.3 is 24.4 Å². The van der Waals surface area contributed by atoms with E-state index in [2.05, 4.69) is 5.32 Å². The Hall–Kier alpha value is -1.79. The zero-order chi connectivity index (χ0) is 14.5. The van der Waals surface area contributed by atoms with E-state index < -0.39 is 0 Å². The number of hydrogen-bond donors (Lipinski definition) is 2. The fourth-order valence-corrected chi connectivity index (χ4v) is 2.52. The molecule has 0 spiro atoms. The molecule has 6 nitrogen and oxygen atoms in total. The number of morpholine rings is 1. The van der Waals surface area contributed by atoms with Crippen molar-refractivity contribution in [2.45, 2.75) is 6.10 Å². The Kier molecular flexibility index (Phi) is 4.57. The van der Waals surface area contributed by atoms with Crippen molar-refractivity contribution in [1.82, 2.24) is 5.32 Å². The van der Waals surface area contributed by atoms with E-state index in [1.54, 1.807) is 0 Å². The lowest BCUT2D eigenvalue weighted by atomic mass is 10.2. The standard InChI is InChI=1S/C15H20N2O4/c18-15(10-17-5-7-19-8-6-17)16-9-12-11-20-13-3-1-2-4-14(13)21-12/h1-4,12H,5-11H2,(H,16,18)/p+1/t12-/m0/s1. The maximum atomic E-state index is 11.9. The highest BCUT2D eigenvalue weighted by Crippen LogP contribution is 2.30. The number of nitrogens with one attached hydrogen (secondary N) is 2. The van der Waals surface area contributed by atoms with Gasteiger partial charge in [-0.3, -0.25) is 4.79 Å².